The second-order valence-electron chi connectivity index (χ2n) is 14.7. The van der Waals surface area contributed by atoms with E-state index < -0.39 is 41.3 Å². The maximum Gasteiger partial charge on any atom is 0.407 e. The van der Waals surface area contributed by atoms with Crippen LogP contribution >= 0.6 is 23.2 Å². The van der Waals surface area contributed by atoms with Gasteiger partial charge in [0.25, 0.3) is 0 Å². The van der Waals surface area contributed by atoms with Gasteiger partial charge in [-0.05, 0) is 91.3 Å². The highest BCUT2D eigenvalue weighted by atomic mass is 35.5. The number of nitrogens with one attached hydrogen (secondary N) is 2. The largest absolute Gasteiger partial charge is 0.460 e. The number of pyridine rings is 1. The molecule has 1 aromatic carbocycles. The van der Waals surface area contributed by atoms with Gasteiger partial charge in [0.15, 0.2) is 0 Å². The van der Waals surface area contributed by atoms with Gasteiger partial charge in [0.05, 0.1) is 23.3 Å². The molecule has 0 bridgehead atoms. The molecule has 1 unspecified atom stereocenters. The normalized spacial score (nSPS) is 20.6. The highest BCUT2D eigenvalue weighted by molar-refractivity contribution is 6.41. The Labute approximate surface area is 299 Å². The van der Waals surface area contributed by atoms with Crippen LogP contribution in [0, 0.1) is 0 Å². The number of carbonyl (C=O) groups excluding carboxylic acids is 4. The summed E-state index contributed by atoms with van der Waals surface area (Å²) in [6.45, 7) is 11.6. The molecule has 4 atom stereocenters. The predicted molar refractivity (Wildman–Crippen MR) is 188 cm³/mol. The molecule has 2 aromatic rings. The fraction of sp³-hybridized carbons (Fsp3) is 0.583. The van der Waals surface area contributed by atoms with E-state index in [0.717, 1.165) is 12.8 Å². The van der Waals surface area contributed by atoms with E-state index in [1.807, 2.05) is 18.2 Å². The lowest BCUT2D eigenvalue weighted by atomic mass is 10.0. The van der Waals surface area contributed by atoms with Crippen LogP contribution in [0.15, 0.2) is 42.5 Å². The first-order valence-corrected chi connectivity index (χ1v) is 17.6. The Morgan fingerprint density at radius 2 is 1.69 bits per heavy atom. The van der Waals surface area contributed by atoms with Crippen molar-refractivity contribution in [1.82, 2.24) is 25.4 Å². The summed E-state index contributed by atoms with van der Waals surface area (Å²) in [7, 11) is 0. The predicted octanol–water partition coefficient (Wildman–Crippen LogP) is 5.70. The van der Waals surface area contributed by atoms with Crippen molar-refractivity contribution in [3.63, 3.8) is 0 Å². The number of aryl methyl sites for hydroxylation is 1. The maximum atomic E-state index is 14.5. The molecule has 2 aliphatic heterocycles. The number of carbonyl (C=O) groups is 4. The number of halogens is 2. The molecule has 2 fully saturated rings. The van der Waals surface area contributed by atoms with Gasteiger partial charge in [0, 0.05) is 31.6 Å². The number of ether oxygens (including phenoxy) is 2. The van der Waals surface area contributed by atoms with Crippen molar-refractivity contribution in [2.24, 2.45) is 0 Å². The third kappa shape index (κ3) is 11.6. The molecule has 49 heavy (non-hydrogen) atoms. The van der Waals surface area contributed by atoms with Crippen LogP contribution in [0.1, 0.15) is 84.9 Å². The Balaban J connectivity index is 1.58. The number of hydrogen-bond acceptors (Lipinski definition) is 8. The SMILES string of the molecule is CC(C)(C)OC(=O)CC[C@H](C(=O)NCc1ccc(Cl)c(Cl)n1)N1CCC(CCc2ccccc2)N2C[C@H](NC(=O)OC(C)(C)C)C[C@H]2C1=O. The van der Waals surface area contributed by atoms with Crippen LogP contribution in [0.3, 0.4) is 0 Å². The second kappa shape index (κ2) is 16.5. The van der Waals surface area contributed by atoms with Gasteiger partial charge in [-0.15, -0.1) is 0 Å². The number of hydrogen-bond donors (Lipinski definition) is 2. The molecule has 2 saturated heterocycles. The van der Waals surface area contributed by atoms with Crippen LogP contribution in [0.4, 0.5) is 4.79 Å². The van der Waals surface area contributed by atoms with Gasteiger partial charge >= 0.3 is 12.1 Å². The quantitative estimate of drug-likeness (QED) is 0.224. The van der Waals surface area contributed by atoms with Gasteiger partial charge in [-0.2, -0.15) is 0 Å². The summed E-state index contributed by atoms with van der Waals surface area (Å²) in [5.41, 5.74) is 0.327. The standard InChI is InChI=1S/C36H49Cl2N5O6/c1-35(2,3)48-30(44)17-16-28(32(45)39-21-24-13-15-27(37)31(38)40-24)42-19-18-26(14-12-23-10-8-7-9-11-23)43-22-25(20-29(43)33(42)46)41-34(47)49-36(4,5)6/h7-11,13,15,25-26,28-29H,12,14,16-22H2,1-6H3,(H,39,45)(H,41,47)/t25-,26?,28-,29+/m1/s1. The summed E-state index contributed by atoms with van der Waals surface area (Å²) in [5, 5.41) is 6.27. The number of benzene rings is 1. The number of amides is 3. The number of fused-ring (bicyclic) bond motifs is 1. The zero-order chi connectivity index (χ0) is 35.9. The molecule has 13 heteroatoms. The van der Waals surface area contributed by atoms with Gasteiger partial charge in [0.2, 0.25) is 11.8 Å². The number of nitrogens with zero attached hydrogens (tertiary/aromatic N) is 3. The molecule has 1 aromatic heterocycles. The average molecular weight is 719 g/mol. The van der Waals surface area contributed by atoms with E-state index >= 15 is 0 Å². The Hall–Kier alpha value is -3.41. The first kappa shape index (κ1) is 38.4. The van der Waals surface area contributed by atoms with Crippen molar-refractivity contribution in [1.29, 1.82) is 0 Å². The lowest BCUT2D eigenvalue weighted by Gasteiger charge is -2.32. The zero-order valence-electron chi connectivity index (χ0n) is 29.3. The lowest BCUT2D eigenvalue weighted by molar-refractivity contribution is -0.156. The van der Waals surface area contributed by atoms with E-state index in [9.17, 15) is 19.2 Å². The minimum atomic E-state index is -0.949. The molecule has 4 rings (SSSR count). The summed E-state index contributed by atoms with van der Waals surface area (Å²) >= 11 is 12.1. The average Bonchev–Trinajstić information content (AvgIpc) is 3.37. The Morgan fingerprint density at radius 1 is 1.00 bits per heavy atom. The summed E-state index contributed by atoms with van der Waals surface area (Å²) in [5.74, 6) is -1.09. The van der Waals surface area contributed by atoms with E-state index in [-0.39, 0.29) is 42.5 Å². The maximum absolute atomic E-state index is 14.5. The van der Waals surface area contributed by atoms with Crippen LogP contribution in [-0.2, 0) is 36.8 Å². The fourth-order valence-corrected chi connectivity index (χ4v) is 6.64. The van der Waals surface area contributed by atoms with Gasteiger partial charge < -0.3 is 25.0 Å². The monoisotopic (exact) mass is 717 g/mol. The molecule has 0 aliphatic carbocycles. The fourth-order valence-electron chi connectivity index (χ4n) is 6.36. The zero-order valence-corrected chi connectivity index (χ0v) is 30.8. The number of aromatic nitrogens is 1. The van der Waals surface area contributed by atoms with Crippen molar-refractivity contribution < 1.29 is 28.7 Å². The molecule has 0 saturated carbocycles. The van der Waals surface area contributed by atoms with Crippen LogP contribution in [0.5, 0.6) is 0 Å². The van der Waals surface area contributed by atoms with E-state index in [4.69, 9.17) is 32.7 Å². The van der Waals surface area contributed by atoms with Gasteiger partial charge in [-0.3, -0.25) is 19.3 Å². The van der Waals surface area contributed by atoms with Crippen LogP contribution in [-0.4, -0.2) is 87.1 Å². The van der Waals surface area contributed by atoms with Crippen molar-refractivity contribution in [3.8, 4) is 0 Å². The third-order valence-electron chi connectivity index (χ3n) is 8.44. The minimum absolute atomic E-state index is 0.0135. The third-order valence-corrected chi connectivity index (χ3v) is 9.12. The highest BCUT2D eigenvalue weighted by Crippen LogP contribution is 2.31. The molecule has 2 aliphatic rings. The van der Waals surface area contributed by atoms with E-state index in [2.05, 4.69) is 32.7 Å². The molecular formula is C36H49Cl2N5O6. The van der Waals surface area contributed by atoms with Crippen LogP contribution < -0.4 is 10.6 Å². The molecule has 268 valence electrons. The summed E-state index contributed by atoms with van der Waals surface area (Å²) < 4.78 is 11.0. The highest BCUT2D eigenvalue weighted by Gasteiger charge is 2.47. The minimum Gasteiger partial charge on any atom is -0.460 e. The molecule has 0 spiro atoms. The summed E-state index contributed by atoms with van der Waals surface area (Å²) in [4.78, 5) is 62.0. The Kier molecular flexibility index (Phi) is 13.0. The Morgan fingerprint density at radius 3 is 2.35 bits per heavy atom. The summed E-state index contributed by atoms with van der Waals surface area (Å²) in [6, 6.07) is 11.6. The van der Waals surface area contributed by atoms with Crippen molar-refractivity contribution in [3.05, 3.63) is 63.9 Å². The van der Waals surface area contributed by atoms with Crippen molar-refractivity contribution in [2.75, 3.05) is 13.1 Å². The number of esters is 1. The van der Waals surface area contributed by atoms with E-state index in [1.165, 1.54) is 5.56 Å². The van der Waals surface area contributed by atoms with Crippen LogP contribution in [0.25, 0.3) is 0 Å². The van der Waals surface area contributed by atoms with Crippen molar-refractivity contribution >= 4 is 47.1 Å². The Bertz CT molecular complexity index is 1480. The number of alkyl carbamates (subject to hydrolysis) is 1. The molecule has 3 amide bonds. The number of rotatable bonds is 11. The van der Waals surface area contributed by atoms with Gasteiger partial charge in [-0.1, -0.05) is 53.5 Å². The van der Waals surface area contributed by atoms with E-state index in [1.54, 1.807) is 58.6 Å². The molecular weight excluding hydrogens is 669 g/mol. The topological polar surface area (TPSA) is 130 Å². The lowest BCUT2D eigenvalue weighted by Crippen LogP contribution is -2.53. The second-order valence-corrected chi connectivity index (χ2v) is 15.5. The molecule has 11 nitrogen and oxygen atoms in total. The van der Waals surface area contributed by atoms with Gasteiger partial charge in [-0.25, -0.2) is 9.78 Å². The molecule has 3 heterocycles. The van der Waals surface area contributed by atoms with Gasteiger partial charge in [0.1, 0.15) is 22.4 Å². The smallest absolute Gasteiger partial charge is 0.407 e. The molecule has 0 radical (unpaired) electrons. The molecule has 2 N–H and O–H groups in total. The first-order chi connectivity index (χ1) is 23.0. The first-order valence-electron chi connectivity index (χ1n) is 16.9. The summed E-state index contributed by atoms with van der Waals surface area (Å²) in [6.07, 6.45) is 2.06. The van der Waals surface area contributed by atoms with Crippen LogP contribution in [0.2, 0.25) is 10.2 Å². The van der Waals surface area contributed by atoms with E-state index in [0.29, 0.717) is 36.6 Å². The van der Waals surface area contributed by atoms with Crippen molar-refractivity contribution in [2.45, 2.75) is 122 Å².